The number of hydrogen-bond acceptors (Lipinski definition) is 5. The summed E-state index contributed by atoms with van der Waals surface area (Å²) in [7, 11) is 0. The lowest BCUT2D eigenvalue weighted by Crippen LogP contribution is -2.54. The van der Waals surface area contributed by atoms with E-state index in [9.17, 15) is 19.6 Å². The van der Waals surface area contributed by atoms with Crippen LogP contribution in [0.3, 0.4) is 0 Å². The van der Waals surface area contributed by atoms with E-state index in [-0.39, 0.29) is 12.5 Å². The first-order valence-electron chi connectivity index (χ1n) is 12.4. The second-order valence-electron chi connectivity index (χ2n) is 10.5. The molecule has 2 unspecified atom stereocenters. The number of carbonyl (C=O) groups is 3. The van der Waals surface area contributed by atoms with Gasteiger partial charge in [-0.3, -0.25) is 9.59 Å². The molecule has 0 heterocycles. The van der Waals surface area contributed by atoms with Crippen molar-refractivity contribution in [2.45, 2.75) is 73.1 Å². The molecular weight excluding hydrogens is 468 g/mol. The summed E-state index contributed by atoms with van der Waals surface area (Å²) < 4.78 is 5.37. The Morgan fingerprint density at radius 2 is 1.54 bits per heavy atom. The Morgan fingerprint density at radius 1 is 0.973 bits per heavy atom. The topological polar surface area (TPSA) is 112 Å². The number of hydrogen-bond donors (Lipinski definition) is 2. The number of carbonyl (C=O) groups excluding carboxylic acids is 3. The molecule has 2 aromatic carbocycles. The summed E-state index contributed by atoms with van der Waals surface area (Å²) >= 11 is 0. The normalized spacial score (nSPS) is 12.8. The van der Waals surface area contributed by atoms with Crippen molar-refractivity contribution < 1.29 is 19.1 Å². The van der Waals surface area contributed by atoms with E-state index in [1.165, 1.54) is 4.90 Å². The van der Waals surface area contributed by atoms with Gasteiger partial charge < -0.3 is 20.3 Å². The van der Waals surface area contributed by atoms with Crippen molar-refractivity contribution in [3.05, 3.63) is 64.7 Å². The van der Waals surface area contributed by atoms with Crippen LogP contribution in [0.5, 0.6) is 0 Å². The molecule has 8 heteroatoms. The smallest absolute Gasteiger partial charge is 0.408 e. The number of para-hydroxylation sites is 1. The number of nitriles is 1. The first-order valence-corrected chi connectivity index (χ1v) is 12.4. The van der Waals surface area contributed by atoms with Gasteiger partial charge in [0.2, 0.25) is 5.91 Å². The number of rotatable bonds is 8. The van der Waals surface area contributed by atoms with E-state index in [2.05, 4.69) is 10.6 Å². The number of alkyl carbamates (subject to hydrolysis) is 1. The highest BCUT2D eigenvalue weighted by molar-refractivity contribution is 6.00. The summed E-state index contributed by atoms with van der Waals surface area (Å²) in [5.74, 6) is -1.33. The zero-order chi connectivity index (χ0) is 27.9. The molecule has 0 aromatic heterocycles. The van der Waals surface area contributed by atoms with Crippen LogP contribution < -0.4 is 10.6 Å². The van der Waals surface area contributed by atoms with Gasteiger partial charge in [-0.05, 0) is 75.8 Å². The van der Waals surface area contributed by atoms with Gasteiger partial charge in [0.25, 0.3) is 5.91 Å². The van der Waals surface area contributed by atoms with Crippen molar-refractivity contribution in [1.82, 2.24) is 10.2 Å². The fourth-order valence-electron chi connectivity index (χ4n) is 4.10. The van der Waals surface area contributed by atoms with Gasteiger partial charge in [0.1, 0.15) is 24.2 Å². The highest BCUT2D eigenvalue weighted by atomic mass is 16.6. The van der Waals surface area contributed by atoms with Gasteiger partial charge in [0.15, 0.2) is 0 Å². The second-order valence-corrected chi connectivity index (χ2v) is 10.5. The number of ether oxygens (including phenoxy) is 1. The molecule has 2 N–H and O–H groups in total. The van der Waals surface area contributed by atoms with Crippen LogP contribution in [0.4, 0.5) is 10.5 Å². The van der Waals surface area contributed by atoms with Gasteiger partial charge in [0.05, 0.1) is 6.07 Å². The summed E-state index contributed by atoms with van der Waals surface area (Å²) in [5, 5.41) is 15.3. The Labute approximate surface area is 220 Å². The number of aryl methyl sites for hydroxylation is 3. The predicted molar refractivity (Wildman–Crippen MR) is 144 cm³/mol. The average Bonchev–Trinajstić information content (AvgIpc) is 2.78. The van der Waals surface area contributed by atoms with Crippen LogP contribution in [0, 0.1) is 38.0 Å². The minimum Gasteiger partial charge on any atom is -0.444 e. The molecule has 3 amide bonds. The lowest BCUT2D eigenvalue weighted by atomic mass is 9.92. The van der Waals surface area contributed by atoms with Gasteiger partial charge in [-0.15, -0.1) is 0 Å². The molecule has 0 aliphatic carbocycles. The van der Waals surface area contributed by atoms with Gasteiger partial charge in [-0.1, -0.05) is 50.2 Å². The van der Waals surface area contributed by atoms with Crippen molar-refractivity contribution in [2.75, 3.05) is 11.9 Å². The summed E-state index contributed by atoms with van der Waals surface area (Å²) in [5.41, 5.74) is 2.97. The minimum absolute atomic E-state index is 0.334. The number of amides is 3. The van der Waals surface area contributed by atoms with Crippen molar-refractivity contribution >= 4 is 23.6 Å². The van der Waals surface area contributed by atoms with Crippen LogP contribution >= 0.6 is 0 Å². The van der Waals surface area contributed by atoms with Crippen LogP contribution in [0.1, 0.15) is 62.9 Å². The van der Waals surface area contributed by atoms with Crippen LogP contribution in [0.15, 0.2) is 42.5 Å². The summed E-state index contributed by atoms with van der Waals surface area (Å²) in [6, 6.07) is 12.9. The van der Waals surface area contributed by atoms with E-state index in [4.69, 9.17) is 4.74 Å². The molecule has 0 aliphatic rings. The second kappa shape index (κ2) is 12.4. The van der Waals surface area contributed by atoms with Crippen molar-refractivity contribution in [3.63, 3.8) is 0 Å². The Hall–Kier alpha value is -3.86. The number of nitrogens with zero attached hydrogens (tertiary/aromatic N) is 2. The maximum absolute atomic E-state index is 14.0. The molecule has 37 heavy (non-hydrogen) atoms. The molecule has 0 aliphatic heterocycles. The molecule has 0 fully saturated rings. The molecule has 8 nitrogen and oxygen atoms in total. The molecule has 2 aromatic rings. The van der Waals surface area contributed by atoms with Gasteiger partial charge in [0, 0.05) is 5.69 Å². The lowest BCUT2D eigenvalue weighted by Gasteiger charge is -2.35. The summed E-state index contributed by atoms with van der Waals surface area (Å²) in [6.07, 6.45) is -0.746. The fourth-order valence-corrected chi connectivity index (χ4v) is 4.10. The van der Waals surface area contributed by atoms with Crippen molar-refractivity contribution in [3.8, 4) is 6.07 Å². The monoisotopic (exact) mass is 506 g/mol. The maximum Gasteiger partial charge on any atom is 0.408 e. The van der Waals surface area contributed by atoms with E-state index in [0.717, 1.165) is 16.7 Å². The van der Waals surface area contributed by atoms with E-state index >= 15 is 0 Å². The van der Waals surface area contributed by atoms with Gasteiger partial charge in [-0.25, -0.2) is 4.79 Å². The lowest BCUT2D eigenvalue weighted by molar-refractivity contribution is -0.141. The van der Waals surface area contributed by atoms with Crippen LogP contribution in [-0.4, -0.2) is 41.0 Å². The van der Waals surface area contributed by atoms with Crippen molar-refractivity contribution in [2.24, 2.45) is 5.92 Å². The third kappa shape index (κ3) is 7.81. The van der Waals surface area contributed by atoms with Crippen molar-refractivity contribution in [1.29, 1.82) is 5.26 Å². The molecule has 0 spiro atoms. The molecule has 0 saturated carbocycles. The predicted octanol–water partition coefficient (Wildman–Crippen LogP) is 5.19. The van der Waals surface area contributed by atoms with E-state index in [1.807, 2.05) is 63.2 Å². The van der Waals surface area contributed by atoms with Crippen LogP contribution in [-0.2, 0) is 14.3 Å². The zero-order valence-electron chi connectivity index (χ0n) is 23.0. The third-order valence-electron chi connectivity index (χ3n) is 5.91. The Bertz CT molecular complexity index is 1160. The first kappa shape index (κ1) is 29.4. The molecule has 2 atom stereocenters. The van der Waals surface area contributed by atoms with Gasteiger partial charge in [-0.2, -0.15) is 5.26 Å². The molecule has 0 bridgehead atoms. The molecule has 0 radical (unpaired) electrons. The number of benzene rings is 2. The highest BCUT2D eigenvalue weighted by Gasteiger charge is 2.38. The molecule has 198 valence electrons. The van der Waals surface area contributed by atoms with E-state index in [0.29, 0.717) is 11.3 Å². The van der Waals surface area contributed by atoms with Crippen LogP contribution in [0.2, 0.25) is 0 Å². The maximum atomic E-state index is 14.0. The first-order chi connectivity index (χ1) is 17.3. The Morgan fingerprint density at radius 3 is 2.05 bits per heavy atom. The SMILES string of the molecule is Cc1ccccc1NC(=O)C(c1c(C)cccc1C)N(CC#N)C(=O)C(NC(=O)OC(C)(C)C)C(C)C. The largest absolute Gasteiger partial charge is 0.444 e. The van der Waals surface area contributed by atoms with Crippen LogP contribution in [0.25, 0.3) is 0 Å². The Balaban J connectivity index is 2.58. The molecule has 2 rings (SSSR count). The zero-order valence-corrected chi connectivity index (χ0v) is 23.0. The quantitative estimate of drug-likeness (QED) is 0.479. The third-order valence-corrected chi connectivity index (χ3v) is 5.91. The molecule has 0 saturated heterocycles. The van der Waals surface area contributed by atoms with E-state index in [1.54, 1.807) is 40.7 Å². The number of anilines is 1. The summed E-state index contributed by atoms with van der Waals surface area (Å²) in [6.45, 7) is 14.0. The average molecular weight is 507 g/mol. The fraction of sp³-hybridized carbons (Fsp3) is 0.448. The standard InChI is InChI=1S/C29H38N4O4/c1-18(2)24(32-28(36)37-29(6,7)8)27(35)33(17-16-30)25(23-20(4)13-11-14-21(23)5)26(34)31-22-15-10-9-12-19(22)3/h9-15,18,24-25H,17H2,1-8H3,(H,31,34)(H,32,36). The summed E-state index contributed by atoms with van der Waals surface area (Å²) in [4.78, 5) is 41.6. The van der Waals surface area contributed by atoms with E-state index < -0.39 is 35.6 Å². The van der Waals surface area contributed by atoms with Gasteiger partial charge >= 0.3 is 6.09 Å². The number of nitrogens with one attached hydrogen (secondary N) is 2. The minimum atomic E-state index is -1.10. The molecular formula is C29H38N4O4. The Kier molecular flexibility index (Phi) is 9.84. The highest BCUT2D eigenvalue weighted by Crippen LogP contribution is 2.30.